The van der Waals surface area contributed by atoms with Gasteiger partial charge >= 0.3 is 18.2 Å². The molecule has 0 aromatic heterocycles. The number of alkyl carbamates (subject to hydrolysis) is 2. The van der Waals surface area contributed by atoms with E-state index in [1.54, 1.807) is 20.8 Å². The van der Waals surface area contributed by atoms with Gasteiger partial charge in [0.15, 0.2) is 0 Å². The number of fused-ring (bicyclic) bond motifs is 3. The van der Waals surface area contributed by atoms with Crippen LogP contribution in [0.2, 0.25) is 0 Å². The first-order chi connectivity index (χ1) is 17.2. The molecule has 2 aromatic rings. The molecule has 0 aliphatic heterocycles. The van der Waals surface area contributed by atoms with Gasteiger partial charge in [-0.1, -0.05) is 61.2 Å². The van der Waals surface area contributed by atoms with Crippen LogP contribution in [-0.4, -0.2) is 49.6 Å². The summed E-state index contributed by atoms with van der Waals surface area (Å²) in [4.78, 5) is 36.7. The lowest BCUT2D eigenvalue weighted by atomic mass is 9.98. The van der Waals surface area contributed by atoms with Crippen LogP contribution in [0.5, 0.6) is 0 Å². The molecule has 0 fully saturated rings. The lowest BCUT2D eigenvalue weighted by Crippen LogP contribution is -2.44. The summed E-state index contributed by atoms with van der Waals surface area (Å²) in [6.45, 7) is 9.14. The normalized spacial score (nSPS) is 13.1. The Morgan fingerprint density at radius 3 is 2.17 bits per heavy atom. The van der Waals surface area contributed by atoms with Crippen molar-refractivity contribution in [1.29, 1.82) is 0 Å². The second-order valence-corrected chi connectivity index (χ2v) is 9.56. The van der Waals surface area contributed by atoms with Gasteiger partial charge in [0.05, 0.1) is 6.04 Å². The molecule has 192 valence electrons. The summed E-state index contributed by atoms with van der Waals surface area (Å²) < 4.78 is 15.9. The molecule has 0 radical (unpaired) electrons. The fraction of sp³-hybridized carbons (Fsp3) is 0.393. The highest BCUT2D eigenvalue weighted by Gasteiger charge is 2.29. The average molecular weight is 495 g/mol. The maximum Gasteiger partial charge on any atom is 0.407 e. The van der Waals surface area contributed by atoms with Crippen LogP contribution in [0.1, 0.15) is 50.7 Å². The molecule has 0 spiro atoms. The van der Waals surface area contributed by atoms with E-state index in [4.69, 9.17) is 14.2 Å². The van der Waals surface area contributed by atoms with E-state index < -0.39 is 29.8 Å². The van der Waals surface area contributed by atoms with E-state index in [0.29, 0.717) is 0 Å². The number of rotatable bonds is 10. The van der Waals surface area contributed by atoms with Crippen LogP contribution in [0.3, 0.4) is 0 Å². The quantitative estimate of drug-likeness (QED) is 0.276. The third-order valence-corrected chi connectivity index (χ3v) is 5.61. The number of amides is 2. The molecule has 1 aliphatic rings. The summed E-state index contributed by atoms with van der Waals surface area (Å²) in [7, 11) is 0. The van der Waals surface area contributed by atoms with E-state index in [1.807, 2.05) is 36.4 Å². The first kappa shape index (κ1) is 26.8. The molecule has 3 rings (SSSR count). The zero-order valence-electron chi connectivity index (χ0n) is 21.0. The number of esters is 1. The van der Waals surface area contributed by atoms with Gasteiger partial charge in [-0.05, 0) is 49.4 Å². The van der Waals surface area contributed by atoms with E-state index >= 15 is 0 Å². The topological polar surface area (TPSA) is 103 Å². The molecule has 1 aliphatic carbocycles. The number of benzene rings is 2. The first-order valence-corrected chi connectivity index (χ1v) is 12.0. The van der Waals surface area contributed by atoms with E-state index in [0.717, 1.165) is 22.3 Å². The Kier molecular flexibility index (Phi) is 9.11. The summed E-state index contributed by atoms with van der Waals surface area (Å²) in [6.07, 6.45) is 0.489. The summed E-state index contributed by atoms with van der Waals surface area (Å²) in [6, 6.07) is 15.6. The first-order valence-electron chi connectivity index (χ1n) is 12.0. The minimum Gasteiger partial charge on any atom is -0.460 e. The third-order valence-electron chi connectivity index (χ3n) is 5.61. The molecular formula is C28H34N2O6. The monoisotopic (exact) mass is 494 g/mol. The van der Waals surface area contributed by atoms with E-state index in [9.17, 15) is 14.4 Å². The largest absolute Gasteiger partial charge is 0.460 e. The van der Waals surface area contributed by atoms with Gasteiger partial charge in [-0.3, -0.25) is 4.79 Å². The summed E-state index contributed by atoms with van der Waals surface area (Å²) in [5.41, 5.74) is 3.89. The number of hydrogen-bond donors (Lipinski definition) is 2. The van der Waals surface area contributed by atoms with Gasteiger partial charge in [0.1, 0.15) is 18.8 Å². The number of hydrogen-bond acceptors (Lipinski definition) is 6. The fourth-order valence-electron chi connectivity index (χ4n) is 4.11. The SMILES string of the molecule is C=CCOC(=O)NC[C@H](CCC(=O)OC(C)(C)C)NC(=O)OCC1c2ccccc2-c2ccccc21. The van der Waals surface area contributed by atoms with Crippen molar-refractivity contribution in [2.45, 2.75) is 51.2 Å². The van der Waals surface area contributed by atoms with Gasteiger partial charge in [0, 0.05) is 18.9 Å². The lowest BCUT2D eigenvalue weighted by Gasteiger charge is -2.22. The van der Waals surface area contributed by atoms with Crippen LogP contribution in [0, 0.1) is 0 Å². The van der Waals surface area contributed by atoms with Gasteiger partial charge in [0.25, 0.3) is 0 Å². The van der Waals surface area contributed by atoms with Crippen LogP contribution >= 0.6 is 0 Å². The second kappa shape index (κ2) is 12.2. The van der Waals surface area contributed by atoms with Crippen molar-refractivity contribution < 1.29 is 28.6 Å². The highest BCUT2D eigenvalue weighted by Crippen LogP contribution is 2.44. The molecule has 2 aromatic carbocycles. The standard InChI is InChI=1S/C28H34N2O6/c1-5-16-34-26(32)29-17-19(14-15-25(31)36-28(2,3)4)30-27(33)35-18-24-22-12-8-6-10-20(22)21-11-7-9-13-23(21)24/h5-13,19,24H,1,14-18H2,2-4H3,(H,29,32)(H,30,33)/t19-/m0/s1. The maximum atomic E-state index is 12.7. The molecule has 2 amide bonds. The van der Waals surface area contributed by atoms with Crippen molar-refractivity contribution >= 4 is 18.2 Å². The van der Waals surface area contributed by atoms with Crippen molar-refractivity contribution in [3.63, 3.8) is 0 Å². The van der Waals surface area contributed by atoms with Crippen LogP contribution in [0.15, 0.2) is 61.2 Å². The van der Waals surface area contributed by atoms with Gasteiger partial charge in [0.2, 0.25) is 0 Å². The maximum absolute atomic E-state index is 12.7. The Hall–Kier alpha value is -3.81. The number of nitrogens with one attached hydrogen (secondary N) is 2. The average Bonchev–Trinajstić information content (AvgIpc) is 3.15. The fourth-order valence-corrected chi connectivity index (χ4v) is 4.11. The smallest absolute Gasteiger partial charge is 0.407 e. The molecule has 0 saturated carbocycles. The Morgan fingerprint density at radius 2 is 1.58 bits per heavy atom. The minimum atomic E-state index is -0.647. The van der Waals surface area contributed by atoms with Crippen LogP contribution in [0.25, 0.3) is 11.1 Å². The second-order valence-electron chi connectivity index (χ2n) is 9.56. The molecule has 0 bridgehead atoms. The van der Waals surface area contributed by atoms with E-state index in [-0.39, 0.29) is 38.5 Å². The highest BCUT2D eigenvalue weighted by molar-refractivity contribution is 5.79. The van der Waals surface area contributed by atoms with E-state index in [1.165, 1.54) is 6.08 Å². The Bertz CT molecular complexity index is 1050. The van der Waals surface area contributed by atoms with Crippen LogP contribution in [0.4, 0.5) is 9.59 Å². The summed E-state index contributed by atoms with van der Waals surface area (Å²) in [5, 5.41) is 5.35. The van der Waals surface area contributed by atoms with Crippen molar-refractivity contribution in [1.82, 2.24) is 10.6 Å². The van der Waals surface area contributed by atoms with Crippen molar-refractivity contribution in [2.24, 2.45) is 0 Å². The molecule has 1 atom stereocenters. The molecule has 8 heteroatoms. The van der Waals surface area contributed by atoms with Crippen molar-refractivity contribution in [3.8, 4) is 11.1 Å². The third kappa shape index (κ3) is 7.60. The number of carbonyl (C=O) groups is 3. The molecular weight excluding hydrogens is 460 g/mol. The van der Waals surface area contributed by atoms with E-state index in [2.05, 4.69) is 29.3 Å². The molecule has 8 nitrogen and oxygen atoms in total. The van der Waals surface area contributed by atoms with Crippen molar-refractivity contribution in [2.75, 3.05) is 19.8 Å². The molecule has 0 saturated heterocycles. The van der Waals surface area contributed by atoms with Crippen molar-refractivity contribution in [3.05, 3.63) is 72.3 Å². The van der Waals surface area contributed by atoms with Gasteiger partial charge in [-0.2, -0.15) is 0 Å². The Morgan fingerprint density at radius 1 is 0.972 bits per heavy atom. The molecule has 36 heavy (non-hydrogen) atoms. The van der Waals surface area contributed by atoms with Crippen LogP contribution in [-0.2, 0) is 19.0 Å². The van der Waals surface area contributed by atoms with Gasteiger partial charge in [-0.15, -0.1) is 0 Å². The summed E-state index contributed by atoms with van der Waals surface area (Å²) in [5.74, 6) is -0.466. The molecule has 0 heterocycles. The molecule has 2 N–H and O–H groups in total. The number of carbonyl (C=O) groups excluding carboxylic acids is 3. The highest BCUT2D eigenvalue weighted by atomic mass is 16.6. The Balaban J connectivity index is 1.60. The van der Waals surface area contributed by atoms with Crippen LogP contribution < -0.4 is 10.6 Å². The predicted octanol–water partition coefficient (Wildman–Crippen LogP) is 4.93. The number of ether oxygens (including phenoxy) is 3. The predicted molar refractivity (Wildman–Crippen MR) is 137 cm³/mol. The minimum absolute atomic E-state index is 0.0585. The lowest BCUT2D eigenvalue weighted by molar-refractivity contribution is -0.155. The van der Waals surface area contributed by atoms with Gasteiger partial charge in [-0.25, -0.2) is 9.59 Å². The Labute approximate surface area is 212 Å². The zero-order valence-corrected chi connectivity index (χ0v) is 21.0. The van der Waals surface area contributed by atoms with Gasteiger partial charge < -0.3 is 24.8 Å². The molecule has 0 unspecified atom stereocenters. The summed E-state index contributed by atoms with van der Waals surface area (Å²) >= 11 is 0. The zero-order chi connectivity index (χ0) is 26.1.